The van der Waals surface area contributed by atoms with Gasteiger partial charge in [-0.25, -0.2) is 0 Å². The van der Waals surface area contributed by atoms with E-state index in [1.807, 2.05) is 27.7 Å². The predicted octanol–water partition coefficient (Wildman–Crippen LogP) is 5.42. The van der Waals surface area contributed by atoms with Crippen LogP contribution in [0.15, 0.2) is 0 Å². The molecule has 1 aliphatic carbocycles. The summed E-state index contributed by atoms with van der Waals surface area (Å²) in [6.45, 7) is 10.3. The van der Waals surface area contributed by atoms with Crippen LogP contribution in [0.3, 0.4) is 0 Å². The lowest BCUT2D eigenvalue weighted by molar-refractivity contribution is 0.336. The third-order valence-electron chi connectivity index (χ3n) is 2.42. The molecule has 1 aliphatic rings. The maximum absolute atomic E-state index is 2.30. The molecule has 82 valence electrons. The molecule has 0 aromatic carbocycles. The van der Waals surface area contributed by atoms with E-state index in [9.17, 15) is 0 Å². The van der Waals surface area contributed by atoms with E-state index in [4.69, 9.17) is 0 Å². The van der Waals surface area contributed by atoms with Crippen molar-refractivity contribution in [1.29, 1.82) is 0 Å². The molecule has 0 heterocycles. The molecule has 0 unspecified atom stereocenters. The first-order valence-corrected chi connectivity index (χ1v) is 6.43. The number of hydrogen-bond donors (Lipinski definition) is 0. The zero-order valence-electron chi connectivity index (χ0n) is 10.5. The van der Waals surface area contributed by atoms with Crippen LogP contribution < -0.4 is 0 Å². The topological polar surface area (TPSA) is 0 Å². The Labute approximate surface area is 86.1 Å². The average Bonchev–Trinajstić information content (AvgIpc) is 2.26. The minimum atomic E-state index is 1.10. The van der Waals surface area contributed by atoms with Crippen molar-refractivity contribution in [1.82, 2.24) is 0 Å². The Balaban J connectivity index is 0. The van der Waals surface area contributed by atoms with Crippen LogP contribution >= 0.6 is 0 Å². The van der Waals surface area contributed by atoms with E-state index in [1.165, 1.54) is 44.9 Å². The molecule has 0 aliphatic heterocycles. The third kappa shape index (κ3) is 9.92. The van der Waals surface area contributed by atoms with Gasteiger partial charge in [0.25, 0.3) is 0 Å². The fourth-order valence-electron chi connectivity index (χ4n) is 1.88. The summed E-state index contributed by atoms with van der Waals surface area (Å²) >= 11 is 0. The van der Waals surface area contributed by atoms with Gasteiger partial charge in [0.2, 0.25) is 0 Å². The third-order valence-corrected chi connectivity index (χ3v) is 2.42. The highest BCUT2D eigenvalue weighted by Crippen LogP contribution is 2.26. The molecule has 0 radical (unpaired) electrons. The van der Waals surface area contributed by atoms with E-state index in [2.05, 4.69) is 6.92 Å². The summed E-state index contributed by atoms with van der Waals surface area (Å²) in [6, 6.07) is 0. The van der Waals surface area contributed by atoms with E-state index in [-0.39, 0.29) is 0 Å². The predicted molar refractivity (Wildman–Crippen MR) is 64.2 cm³/mol. The van der Waals surface area contributed by atoms with E-state index < -0.39 is 0 Å². The Bertz CT molecular complexity index is 57.7. The fourth-order valence-corrected chi connectivity index (χ4v) is 1.88. The normalized spacial score (nSPS) is 16.4. The second-order valence-electron chi connectivity index (χ2n) is 3.29. The van der Waals surface area contributed by atoms with Crippen molar-refractivity contribution in [2.24, 2.45) is 5.92 Å². The highest BCUT2D eigenvalue weighted by Gasteiger charge is 2.10. The molecule has 1 saturated carbocycles. The van der Waals surface area contributed by atoms with E-state index in [0.29, 0.717) is 0 Å². The molecule has 0 aromatic heterocycles. The second-order valence-corrected chi connectivity index (χ2v) is 3.29. The molecule has 1 rings (SSSR count). The van der Waals surface area contributed by atoms with E-state index in [1.54, 1.807) is 0 Å². The highest BCUT2D eigenvalue weighted by atomic mass is 14.2. The first kappa shape index (κ1) is 15.5. The van der Waals surface area contributed by atoms with Gasteiger partial charge in [-0.3, -0.25) is 0 Å². The summed E-state index contributed by atoms with van der Waals surface area (Å²) < 4.78 is 0. The molecule has 0 nitrogen and oxygen atoms in total. The molecule has 0 N–H and O–H groups in total. The summed E-state index contributed by atoms with van der Waals surface area (Å²) in [6.07, 6.45) is 10.4. The monoisotopic (exact) mass is 186 g/mol. The Morgan fingerprint density at radius 1 is 0.846 bits per heavy atom. The number of hydrogen-bond acceptors (Lipinski definition) is 0. The molecule has 0 bridgehead atoms. The van der Waals surface area contributed by atoms with Crippen LogP contribution in [-0.4, -0.2) is 0 Å². The van der Waals surface area contributed by atoms with E-state index in [0.717, 1.165) is 5.92 Å². The Hall–Kier alpha value is 0. The number of rotatable bonds is 2. The highest BCUT2D eigenvalue weighted by molar-refractivity contribution is 4.64. The van der Waals surface area contributed by atoms with Gasteiger partial charge in [-0.05, 0) is 5.92 Å². The van der Waals surface area contributed by atoms with Crippen molar-refractivity contribution in [3.05, 3.63) is 0 Å². The van der Waals surface area contributed by atoms with Gasteiger partial charge < -0.3 is 0 Å². The molecule has 0 atom stereocenters. The lowest BCUT2D eigenvalue weighted by atomic mass is 9.86. The summed E-state index contributed by atoms with van der Waals surface area (Å²) in [7, 11) is 0. The van der Waals surface area contributed by atoms with E-state index >= 15 is 0 Å². The average molecular weight is 186 g/mol. The molecule has 0 amide bonds. The quantitative estimate of drug-likeness (QED) is 0.540. The summed E-state index contributed by atoms with van der Waals surface area (Å²) in [5.41, 5.74) is 0. The smallest absolute Gasteiger partial charge is 0.0414 e. The Morgan fingerprint density at radius 2 is 1.31 bits per heavy atom. The van der Waals surface area contributed by atoms with Gasteiger partial charge in [0.05, 0.1) is 0 Å². The van der Waals surface area contributed by atoms with Crippen molar-refractivity contribution >= 4 is 0 Å². The first-order chi connectivity index (χ1) is 6.43. The maximum atomic E-state index is 2.30. The Morgan fingerprint density at radius 3 is 1.69 bits per heavy atom. The minimum absolute atomic E-state index is 1.10. The van der Waals surface area contributed by atoms with Gasteiger partial charge in [-0.2, -0.15) is 0 Å². The van der Waals surface area contributed by atoms with Crippen LogP contribution in [-0.2, 0) is 0 Å². The largest absolute Gasteiger partial charge is 0.0683 e. The molecular formula is C13H30. The van der Waals surface area contributed by atoms with Crippen LogP contribution in [0.1, 0.15) is 79.6 Å². The molecule has 0 heteroatoms. The van der Waals surface area contributed by atoms with Gasteiger partial charge in [0.1, 0.15) is 0 Å². The SMILES string of the molecule is CC.CC.CCCC1CCCCC1. The Kier molecular flexibility index (Phi) is 17.3. The van der Waals surface area contributed by atoms with Gasteiger partial charge in [0.15, 0.2) is 0 Å². The molecular weight excluding hydrogens is 156 g/mol. The molecule has 0 aromatic rings. The van der Waals surface area contributed by atoms with Gasteiger partial charge in [0, 0.05) is 0 Å². The maximum Gasteiger partial charge on any atom is -0.0414 e. The summed E-state index contributed by atoms with van der Waals surface area (Å²) in [5, 5.41) is 0. The van der Waals surface area contributed by atoms with Crippen LogP contribution in [0, 0.1) is 5.92 Å². The van der Waals surface area contributed by atoms with Crippen LogP contribution in [0.5, 0.6) is 0 Å². The van der Waals surface area contributed by atoms with Crippen LogP contribution in [0.4, 0.5) is 0 Å². The van der Waals surface area contributed by atoms with Gasteiger partial charge >= 0.3 is 0 Å². The van der Waals surface area contributed by atoms with Crippen molar-refractivity contribution in [2.75, 3.05) is 0 Å². The second kappa shape index (κ2) is 14.5. The molecule has 0 saturated heterocycles. The lowest BCUT2D eigenvalue weighted by Crippen LogP contribution is -2.04. The van der Waals surface area contributed by atoms with Crippen molar-refractivity contribution < 1.29 is 0 Å². The zero-order chi connectivity index (χ0) is 10.5. The minimum Gasteiger partial charge on any atom is -0.0683 e. The van der Waals surface area contributed by atoms with Crippen molar-refractivity contribution in [3.8, 4) is 0 Å². The molecule has 13 heavy (non-hydrogen) atoms. The molecule has 0 spiro atoms. The van der Waals surface area contributed by atoms with Crippen LogP contribution in [0.25, 0.3) is 0 Å². The standard InChI is InChI=1S/C9H18.2C2H6/c1-2-6-9-7-4-3-5-8-9;2*1-2/h9H,2-8H2,1H3;2*1-2H3. The van der Waals surface area contributed by atoms with Crippen LogP contribution in [0.2, 0.25) is 0 Å². The lowest BCUT2D eigenvalue weighted by Gasteiger charge is -2.20. The van der Waals surface area contributed by atoms with Gasteiger partial charge in [-0.15, -0.1) is 0 Å². The summed E-state index contributed by atoms with van der Waals surface area (Å²) in [4.78, 5) is 0. The first-order valence-electron chi connectivity index (χ1n) is 6.43. The fraction of sp³-hybridized carbons (Fsp3) is 1.00. The molecule has 1 fully saturated rings. The van der Waals surface area contributed by atoms with Crippen molar-refractivity contribution in [2.45, 2.75) is 79.6 Å². The van der Waals surface area contributed by atoms with Crippen molar-refractivity contribution in [3.63, 3.8) is 0 Å². The zero-order valence-corrected chi connectivity index (χ0v) is 10.5. The van der Waals surface area contributed by atoms with Gasteiger partial charge in [-0.1, -0.05) is 79.6 Å². The summed E-state index contributed by atoms with van der Waals surface area (Å²) in [5.74, 6) is 1.10.